The molecule has 0 aromatic carbocycles. The van der Waals surface area contributed by atoms with Crippen LogP contribution in [0.15, 0.2) is 17.3 Å². The van der Waals surface area contributed by atoms with Crippen LogP contribution in [0.25, 0.3) is 11.0 Å². The number of fused-ring (bicyclic) bond motifs is 1. The molecule has 1 aliphatic heterocycles. The molecule has 134 valence electrons. The van der Waals surface area contributed by atoms with E-state index in [9.17, 15) is 9.59 Å². The average molecular weight is 343 g/mol. The van der Waals surface area contributed by atoms with Crippen molar-refractivity contribution in [1.82, 2.24) is 24.2 Å². The summed E-state index contributed by atoms with van der Waals surface area (Å²) >= 11 is 0. The number of rotatable bonds is 4. The summed E-state index contributed by atoms with van der Waals surface area (Å²) in [6.07, 6.45) is 10.8. The maximum Gasteiger partial charge on any atom is 0.264 e. The lowest BCUT2D eigenvalue weighted by molar-refractivity contribution is -0.133. The Morgan fingerprint density at radius 1 is 1.24 bits per heavy atom. The third-order valence-corrected chi connectivity index (χ3v) is 5.85. The molecule has 2 aromatic heterocycles. The lowest BCUT2D eigenvalue weighted by Crippen LogP contribution is -2.40. The third kappa shape index (κ3) is 2.96. The number of likely N-dealkylation sites (tertiary alicyclic amines) is 1. The molecule has 1 saturated carbocycles. The molecule has 7 heteroatoms. The molecule has 0 spiro atoms. The monoisotopic (exact) mass is 343 g/mol. The zero-order chi connectivity index (χ0) is 17.4. The second-order valence-corrected chi connectivity index (χ2v) is 7.34. The van der Waals surface area contributed by atoms with Crippen LogP contribution in [-0.2, 0) is 18.4 Å². The zero-order valence-corrected chi connectivity index (χ0v) is 14.7. The van der Waals surface area contributed by atoms with Crippen molar-refractivity contribution < 1.29 is 4.79 Å². The normalized spacial score (nSPS) is 21.5. The molecule has 0 bridgehead atoms. The summed E-state index contributed by atoms with van der Waals surface area (Å²) < 4.78 is 3.12. The Balaban J connectivity index is 1.45. The van der Waals surface area contributed by atoms with Crippen LogP contribution in [0.3, 0.4) is 0 Å². The largest absolute Gasteiger partial charge is 0.339 e. The summed E-state index contributed by atoms with van der Waals surface area (Å²) in [6, 6.07) is 0.422. The predicted molar refractivity (Wildman–Crippen MR) is 94.1 cm³/mol. The molecule has 2 fully saturated rings. The van der Waals surface area contributed by atoms with Crippen LogP contribution in [0.1, 0.15) is 44.9 Å². The molecule has 1 aliphatic carbocycles. The quantitative estimate of drug-likeness (QED) is 0.847. The highest BCUT2D eigenvalue weighted by Gasteiger charge is 2.35. The van der Waals surface area contributed by atoms with E-state index in [-0.39, 0.29) is 11.5 Å². The molecule has 1 amide bonds. The summed E-state index contributed by atoms with van der Waals surface area (Å²) in [5.41, 5.74) is 0.452. The molecule has 7 nitrogen and oxygen atoms in total. The fourth-order valence-corrected chi connectivity index (χ4v) is 4.52. The van der Waals surface area contributed by atoms with Gasteiger partial charge in [-0.25, -0.2) is 4.98 Å². The van der Waals surface area contributed by atoms with E-state index in [1.165, 1.54) is 36.6 Å². The van der Waals surface area contributed by atoms with Gasteiger partial charge >= 0.3 is 0 Å². The SMILES string of the molecule is Cn1ncc2c(=O)n(CCC(=O)N3CCC[C@@H]3C3CCCC3)cnc21. The van der Waals surface area contributed by atoms with E-state index < -0.39 is 0 Å². The van der Waals surface area contributed by atoms with Crippen LogP contribution in [0.2, 0.25) is 0 Å². The lowest BCUT2D eigenvalue weighted by atomic mass is 9.96. The number of carbonyl (C=O) groups is 1. The molecule has 1 atom stereocenters. The molecule has 0 radical (unpaired) electrons. The lowest BCUT2D eigenvalue weighted by Gasteiger charge is -2.29. The highest BCUT2D eigenvalue weighted by atomic mass is 16.2. The van der Waals surface area contributed by atoms with Crippen LogP contribution < -0.4 is 5.56 Å². The van der Waals surface area contributed by atoms with Crippen molar-refractivity contribution in [3.63, 3.8) is 0 Å². The van der Waals surface area contributed by atoms with E-state index in [0.29, 0.717) is 36.0 Å². The van der Waals surface area contributed by atoms with Gasteiger partial charge < -0.3 is 4.90 Å². The number of aryl methyl sites for hydroxylation is 2. The van der Waals surface area contributed by atoms with Gasteiger partial charge in [0.1, 0.15) is 5.39 Å². The first kappa shape index (κ1) is 16.3. The van der Waals surface area contributed by atoms with E-state index in [1.54, 1.807) is 17.9 Å². The standard InChI is InChI=1S/C18H25N5O2/c1-21-17-14(11-20-21)18(25)22(12-19-17)10-8-16(24)23-9-4-7-15(23)13-5-2-3-6-13/h11-13,15H,2-10H2,1H3/t15-/m1/s1. The zero-order valence-electron chi connectivity index (χ0n) is 14.7. The second kappa shape index (κ2) is 6.61. The molecule has 3 heterocycles. The van der Waals surface area contributed by atoms with Gasteiger partial charge in [-0.05, 0) is 31.6 Å². The number of amides is 1. The predicted octanol–water partition coefficient (Wildman–Crippen LogP) is 1.70. The van der Waals surface area contributed by atoms with Gasteiger partial charge in [-0.2, -0.15) is 5.10 Å². The van der Waals surface area contributed by atoms with E-state index in [0.717, 1.165) is 19.4 Å². The van der Waals surface area contributed by atoms with Crippen molar-refractivity contribution in [1.29, 1.82) is 0 Å². The Morgan fingerprint density at radius 2 is 2.04 bits per heavy atom. The van der Waals surface area contributed by atoms with Gasteiger partial charge in [-0.3, -0.25) is 18.8 Å². The van der Waals surface area contributed by atoms with Crippen molar-refractivity contribution in [3.05, 3.63) is 22.9 Å². The smallest absolute Gasteiger partial charge is 0.264 e. The Morgan fingerprint density at radius 3 is 2.84 bits per heavy atom. The van der Waals surface area contributed by atoms with Crippen LogP contribution in [0.4, 0.5) is 0 Å². The summed E-state index contributed by atoms with van der Waals surface area (Å²) in [4.78, 5) is 31.6. The van der Waals surface area contributed by atoms with Gasteiger partial charge in [0, 0.05) is 32.6 Å². The number of nitrogens with zero attached hydrogens (tertiary/aromatic N) is 5. The number of hydrogen-bond donors (Lipinski definition) is 0. The van der Waals surface area contributed by atoms with Crippen molar-refractivity contribution in [2.75, 3.05) is 6.54 Å². The van der Waals surface area contributed by atoms with Crippen LogP contribution in [-0.4, -0.2) is 42.7 Å². The number of aromatic nitrogens is 4. The van der Waals surface area contributed by atoms with Crippen LogP contribution in [0.5, 0.6) is 0 Å². The second-order valence-electron chi connectivity index (χ2n) is 7.34. The molecular weight excluding hydrogens is 318 g/mol. The Labute approximate surface area is 146 Å². The van der Waals surface area contributed by atoms with Gasteiger partial charge in [0.2, 0.25) is 5.91 Å². The van der Waals surface area contributed by atoms with Crippen molar-refractivity contribution in [2.24, 2.45) is 13.0 Å². The first-order valence-electron chi connectivity index (χ1n) is 9.32. The summed E-state index contributed by atoms with van der Waals surface area (Å²) in [6.45, 7) is 1.25. The van der Waals surface area contributed by atoms with Crippen molar-refractivity contribution >= 4 is 16.9 Å². The highest BCUT2D eigenvalue weighted by Crippen LogP contribution is 2.35. The first-order chi connectivity index (χ1) is 12.1. The van der Waals surface area contributed by atoms with Gasteiger partial charge in [0.05, 0.1) is 12.5 Å². The Bertz CT molecular complexity index is 834. The fraction of sp³-hybridized carbons (Fsp3) is 0.667. The van der Waals surface area contributed by atoms with E-state index in [2.05, 4.69) is 15.0 Å². The van der Waals surface area contributed by atoms with E-state index >= 15 is 0 Å². The first-order valence-corrected chi connectivity index (χ1v) is 9.32. The maximum absolute atomic E-state index is 12.7. The number of carbonyl (C=O) groups excluding carboxylic acids is 1. The van der Waals surface area contributed by atoms with Crippen molar-refractivity contribution in [2.45, 2.75) is 57.5 Å². The van der Waals surface area contributed by atoms with E-state index in [1.807, 2.05) is 0 Å². The average Bonchev–Trinajstić information content (AvgIpc) is 3.34. The van der Waals surface area contributed by atoms with Crippen LogP contribution >= 0.6 is 0 Å². The van der Waals surface area contributed by atoms with Crippen molar-refractivity contribution in [3.8, 4) is 0 Å². The van der Waals surface area contributed by atoms with E-state index in [4.69, 9.17) is 0 Å². The Kier molecular flexibility index (Phi) is 4.31. The minimum atomic E-state index is -0.125. The van der Waals surface area contributed by atoms with Gasteiger partial charge in [-0.1, -0.05) is 12.8 Å². The Hall–Kier alpha value is -2.18. The minimum Gasteiger partial charge on any atom is -0.339 e. The molecule has 0 unspecified atom stereocenters. The number of hydrogen-bond acceptors (Lipinski definition) is 4. The molecule has 0 N–H and O–H groups in total. The molecule has 1 saturated heterocycles. The summed E-state index contributed by atoms with van der Waals surface area (Å²) in [7, 11) is 1.76. The summed E-state index contributed by atoms with van der Waals surface area (Å²) in [5, 5.41) is 4.58. The highest BCUT2D eigenvalue weighted by molar-refractivity contribution is 5.77. The molecule has 25 heavy (non-hydrogen) atoms. The van der Waals surface area contributed by atoms with Crippen LogP contribution in [0, 0.1) is 5.92 Å². The van der Waals surface area contributed by atoms with Gasteiger partial charge in [0.25, 0.3) is 5.56 Å². The fourth-order valence-electron chi connectivity index (χ4n) is 4.52. The molecule has 2 aromatic rings. The molecule has 4 rings (SSSR count). The third-order valence-electron chi connectivity index (χ3n) is 5.85. The molecular formula is C18H25N5O2. The minimum absolute atomic E-state index is 0.125. The maximum atomic E-state index is 12.7. The topological polar surface area (TPSA) is 73.0 Å². The van der Waals surface area contributed by atoms with Gasteiger partial charge in [0.15, 0.2) is 5.65 Å². The summed E-state index contributed by atoms with van der Waals surface area (Å²) in [5.74, 6) is 0.857. The molecule has 2 aliphatic rings. The van der Waals surface area contributed by atoms with Gasteiger partial charge in [-0.15, -0.1) is 0 Å².